The first kappa shape index (κ1) is 60.7. The molecule has 0 radical (unpaired) electrons. The SMILES string of the molecule is CO[C@H]1C[C@H](O[C@H]2[C@H](O)C[C@H](O[C@H]3CC[C@@]4(C)C(=CC[C@@H]5[C@@H]4C[C@@H](OC(C)=O)[C@]4(C)[C@](O)(C(C)=O)CC[C@]54O)C3)O[C@@H]2C)O[C@H](C)[C@H]1O[C@H]1C[C@@H](OC)[C@@H](O[C@H]2C[C@H](OC)[C@H](O[C@H]3C[C@@H](OC)[C@@H](O)[C@H](C)O3)[C@@H](C)O2)[C@H](C)O1. The molecular weight excluding hydrogens is 1020 g/mol. The zero-order valence-corrected chi connectivity index (χ0v) is 48.1. The molecule has 21 heteroatoms. The quantitative estimate of drug-likeness (QED) is 0.124. The van der Waals surface area contributed by atoms with E-state index in [2.05, 4.69) is 13.0 Å². The molecule has 21 nitrogen and oxygen atoms in total. The number of esters is 1. The molecule has 9 aliphatic rings. The number of rotatable bonds is 16. The Balaban J connectivity index is 0.750. The van der Waals surface area contributed by atoms with Crippen LogP contribution in [0.2, 0.25) is 0 Å². The lowest BCUT2D eigenvalue weighted by molar-refractivity contribution is -0.351. The first-order valence-electron chi connectivity index (χ1n) is 28.8. The van der Waals surface area contributed by atoms with Crippen molar-refractivity contribution in [3.8, 4) is 0 Å². The number of carbonyl (C=O) groups is 2. The van der Waals surface area contributed by atoms with Crippen LogP contribution in [0.25, 0.3) is 0 Å². The van der Waals surface area contributed by atoms with E-state index in [1.54, 1.807) is 42.3 Å². The van der Waals surface area contributed by atoms with Gasteiger partial charge in [-0.05, 0) is 104 Å². The molecule has 0 bridgehead atoms. The third-order valence-corrected chi connectivity index (χ3v) is 20.3. The summed E-state index contributed by atoms with van der Waals surface area (Å²) >= 11 is 0. The Morgan fingerprint density at radius 2 is 1.01 bits per heavy atom. The lowest BCUT2D eigenvalue weighted by Gasteiger charge is -2.63. The molecule has 9 rings (SSSR count). The minimum atomic E-state index is -1.82. The fourth-order valence-corrected chi connectivity index (χ4v) is 15.7. The van der Waals surface area contributed by atoms with Gasteiger partial charge in [0.05, 0.1) is 78.2 Å². The van der Waals surface area contributed by atoms with Gasteiger partial charge in [-0.3, -0.25) is 9.59 Å². The molecule has 8 fully saturated rings. The van der Waals surface area contributed by atoms with Crippen molar-refractivity contribution in [1.82, 2.24) is 0 Å². The molecule has 5 saturated heterocycles. The number of aliphatic hydroxyl groups excluding tert-OH is 2. The van der Waals surface area contributed by atoms with Gasteiger partial charge in [-0.2, -0.15) is 0 Å². The predicted octanol–water partition coefficient (Wildman–Crippen LogP) is 4.31. The summed E-state index contributed by atoms with van der Waals surface area (Å²) in [6.07, 6.45) is -4.99. The standard InChI is InChI=1S/C57H92O21/c1-27-49(61)39(64-10)23-45(68-27)76-51-30(4)71-47(25-41(51)66-12)78-53-31(5)72-48(26-42(53)67-13)77-52-29(3)70-46(24-40(52)65-11)75-50-28(2)69-44(22-38(50)60)74-35-16-17-54(8)34(20-35)14-15-36-37(54)21-43(73-33(7)59)55(9)56(62,32(6)58)18-19-57(36,55)63/h14,27-31,35-53,60-63H,15-26H2,1-13H3/t27-,28+,29+,30+,31-,35-,36+,37-,38+,39+,40-,41-,42+,43+,44-,45-,46-,47-,48-,49-,50+,51+,52+,53-,54-,55+,56+,57-/m0/s1. The Morgan fingerprint density at radius 1 is 0.564 bits per heavy atom. The van der Waals surface area contributed by atoms with Gasteiger partial charge in [-0.1, -0.05) is 25.5 Å². The summed E-state index contributed by atoms with van der Waals surface area (Å²) in [5, 5.41) is 46.6. The molecule has 0 spiro atoms. The molecule has 4 N–H and O–H groups in total. The molecule has 3 saturated carbocycles. The minimum Gasteiger partial charge on any atom is -0.462 e. The number of hydrogen-bond donors (Lipinski definition) is 4. The third-order valence-electron chi connectivity index (χ3n) is 20.3. The molecule has 446 valence electrons. The predicted molar refractivity (Wildman–Crippen MR) is 274 cm³/mol. The smallest absolute Gasteiger partial charge is 0.302 e. The highest BCUT2D eigenvalue weighted by molar-refractivity contribution is 5.87. The molecule has 4 aliphatic carbocycles. The monoisotopic (exact) mass is 1110 g/mol. The molecule has 0 unspecified atom stereocenters. The molecule has 5 heterocycles. The summed E-state index contributed by atoms with van der Waals surface area (Å²) in [5.41, 5.74) is -3.72. The Hall–Kier alpha value is -1.84. The van der Waals surface area contributed by atoms with Crippen molar-refractivity contribution in [2.45, 2.75) is 286 Å². The number of methoxy groups -OCH3 is 4. The largest absolute Gasteiger partial charge is 0.462 e. The van der Waals surface area contributed by atoms with Gasteiger partial charge in [-0.15, -0.1) is 0 Å². The number of carbonyl (C=O) groups excluding carboxylic acids is 2. The summed E-state index contributed by atoms with van der Waals surface area (Å²) < 4.78 is 93.8. The summed E-state index contributed by atoms with van der Waals surface area (Å²) in [4.78, 5) is 25.6. The molecule has 5 aliphatic heterocycles. The van der Waals surface area contributed by atoms with Gasteiger partial charge in [0.1, 0.15) is 42.2 Å². The third kappa shape index (κ3) is 11.2. The van der Waals surface area contributed by atoms with Gasteiger partial charge in [0.25, 0.3) is 0 Å². The fraction of sp³-hybridized carbons (Fsp3) is 0.930. The van der Waals surface area contributed by atoms with E-state index in [1.807, 2.05) is 27.7 Å². The van der Waals surface area contributed by atoms with E-state index in [4.69, 9.17) is 71.1 Å². The van der Waals surface area contributed by atoms with E-state index in [0.29, 0.717) is 51.4 Å². The molecule has 0 aromatic rings. The first-order chi connectivity index (χ1) is 36.9. The van der Waals surface area contributed by atoms with E-state index >= 15 is 0 Å². The van der Waals surface area contributed by atoms with Crippen LogP contribution in [-0.4, -0.2) is 207 Å². The molecule has 0 amide bonds. The average molecular weight is 1110 g/mol. The van der Waals surface area contributed by atoms with Crippen molar-refractivity contribution >= 4 is 11.8 Å². The molecule has 0 aromatic heterocycles. The Morgan fingerprint density at radius 3 is 1.47 bits per heavy atom. The van der Waals surface area contributed by atoms with Gasteiger partial charge in [0.2, 0.25) is 0 Å². The normalized spacial score (nSPS) is 51.6. The zero-order valence-electron chi connectivity index (χ0n) is 48.1. The highest BCUT2D eigenvalue weighted by Gasteiger charge is 2.77. The maximum Gasteiger partial charge on any atom is 0.302 e. The Bertz CT molecular complexity index is 2090. The van der Waals surface area contributed by atoms with Crippen LogP contribution < -0.4 is 0 Å². The minimum absolute atomic E-state index is 0.0594. The number of Topliss-reactive ketones (excluding diaryl/α,β-unsaturated/α-hetero) is 1. The van der Waals surface area contributed by atoms with E-state index < -0.39 is 151 Å². The van der Waals surface area contributed by atoms with Crippen molar-refractivity contribution in [2.24, 2.45) is 22.7 Å². The second-order valence-electron chi connectivity index (χ2n) is 24.6. The van der Waals surface area contributed by atoms with Gasteiger partial charge >= 0.3 is 5.97 Å². The maximum absolute atomic E-state index is 13.0. The van der Waals surface area contributed by atoms with Gasteiger partial charge < -0.3 is 91.5 Å². The molecule has 0 aromatic carbocycles. The Labute approximate surface area is 460 Å². The second-order valence-corrected chi connectivity index (χ2v) is 24.6. The lowest BCUT2D eigenvalue weighted by Crippen LogP contribution is -2.71. The van der Waals surface area contributed by atoms with E-state index in [0.717, 1.165) is 6.42 Å². The van der Waals surface area contributed by atoms with Crippen LogP contribution in [0.5, 0.6) is 0 Å². The number of ketones is 1. The lowest BCUT2D eigenvalue weighted by atomic mass is 9.44. The maximum atomic E-state index is 13.0. The molecule has 78 heavy (non-hydrogen) atoms. The van der Waals surface area contributed by atoms with Crippen LogP contribution in [-0.2, 0) is 80.6 Å². The highest BCUT2D eigenvalue weighted by atomic mass is 16.8. The number of hydrogen-bond acceptors (Lipinski definition) is 21. The van der Waals surface area contributed by atoms with Crippen molar-refractivity contribution in [3.63, 3.8) is 0 Å². The number of ether oxygens (including phenoxy) is 15. The van der Waals surface area contributed by atoms with E-state index in [1.165, 1.54) is 19.4 Å². The second kappa shape index (κ2) is 24.0. The van der Waals surface area contributed by atoms with Crippen molar-refractivity contribution in [1.29, 1.82) is 0 Å². The first-order valence-corrected chi connectivity index (χ1v) is 28.8. The van der Waals surface area contributed by atoms with Crippen LogP contribution in [0, 0.1) is 22.7 Å². The number of fused-ring (bicyclic) bond motifs is 5. The Kier molecular flexibility index (Phi) is 18.7. The summed E-state index contributed by atoms with van der Waals surface area (Å²) in [6, 6.07) is 0. The van der Waals surface area contributed by atoms with Crippen LogP contribution in [0.1, 0.15) is 139 Å². The number of aliphatic hydroxyl groups is 4. The van der Waals surface area contributed by atoms with Crippen molar-refractivity contribution < 1.29 is 101 Å². The fourth-order valence-electron chi connectivity index (χ4n) is 15.7. The summed E-state index contributed by atoms with van der Waals surface area (Å²) in [5.74, 6) is -1.23. The van der Waals surface area contributed by atoms with Crippen LogP contribution in [0.3, 0.4) is 0 Å². The van der Waals surface area contributed by atoms with Crippen LogP contribution in [0.15, 0.2) is 11.6 Å². The van der Waals surface area contributed by atoms with E-state index in [-0.39, 0.29) is 48.7 Å². The average Bonchev–Trinajstić information content (AvgIpc) is 3.76. The van der Waals surface area contributed by atoms with Crippen molar-refractivity contribution in [3.05, 3.63) is 11.6 Å². The number of allylic oxidation sites excluding steroid dienone is 1. The summed E-state index contributed by atoms with van der Waals surface area (Å²) in [6.45, 7) is 16.0. The van der Waals surface area contributed by atoms with E-state index in [9.17, 15) is 30.0 Å². The highest BCUT2D eigenvalue weighted by Crippen LogP contribution is 2.69. The topological polar surface area (TPSA) is 254 Å². The van der Waals surface area contributed by atoms with Crippen LogP contribution in [0.4, 0.5) is 0 Å². The van der Waals surface area contributed by atoms with Crippen molar-refractivity contribution in [2.75, 3.05) is 28.4 Å². The van der Waals surface area contributed by atoms with Gasteiger partial charge in [0, 0.05) is 67.5 Å². The summed E-state index contributed by atoms with van der Waals surface area (Å²) in [7, 11) is 6.45. The van der Waals surface area contributed by atoms with Gasteiger partial charge in [-0.25, -0.2) is 0 Å². The molecule has 28 atom stereocenters. The van der Waals surface area contributed by atoms with Gasteiger partial charge in [0.15, 0.2) is 37.2 Å². The van der Waals surface area contributed by atoms with Crippen LogP contribution >= 0.6 is 0 Å². The molecular formula is C57H92O21. The zero-order chi connectivity index (χ0) is 56.4.